The summed E-state index contributed by atoms with van der Waals surface area (Å²) in [6, 6.07) is 0. The van der Waals surface area contributed by atoms with E-state index in [1.54, 1.807) is 6.08 Å². The Hall–Kier alpha value is -1.53. The summed E-state index contributed by atoms with van der Waals surface area (Å²) in [6.45, 7) is 25.0. The van der Waals surface area contributed by atoms with Crippen LogP contribution >= 0.6 is 0 Å². The summed E-state index contributed by atoms with van der Waals surface area (Å²) in [5.41, 5.74) is 0.757. The van der Waals surface area contributed by atoms with Crippen LogP contribution in [-0.4, -0.2) is 88.5 Å². The predicted molar refractivity (Wildman–Crippen MR) is 377 cm³/mol. The fraction of sp³-hybridized carbons (Fsp3) is 0.942. The lowest BCUT2D eigenvalue weighted by Gasteiger charge is -2.57. The van der Waals surface area contributed by atoms with E-state index in [4.69, 9.17) is 18.9 Å². The smallest absolute Gasteiger partial charge is 0.169 e. The molecule has 18 aliphatic rings. The van der Waals surface area contributed by atoms with Crippen LogP contribution in [0.25, 0.3) is 0 Å². The highest BCUT2D eigenvalue weighted by atomic mass is 16.7. The first-order valence-electron chi connectivity index (χ1n) is 41.7. The van der Waals surface area contributed by atoms with Gasteiger partial charge in [0.15, 0.2) is 11.6 Å². The summed E-state index contributed by atoms with van der Waals surface area (Å²) in [4.78, 5) is 36.2. The molecule has 0 aromatic rings. The van der Waals surface area contributed by atoms with Crippen LogP contribution in [0.3, 0.4) is 0 Å². The molecule has 0 spiro atoms. The Kier molecular flexibility index (Phi) is 19.6. The van der Waals surface area contributed by atoms with Crippen LogP contribution in [0.2, 0.25) is 0 Å². The Morgan fingerprint density at radius 3 is 1.16 bits per heavy atom. The van der Waals surface area contributed by atoms with Gasteiger partial charge in [-0.1, -0.05) is 33.8 Å². The fourth-order valence-corrected chi connectivity index (χ4v) is 31.9. The fourth-order valence-electron chi connectivity index (χ4n) is 31.9. The highest BCUT2D eigenvalue weighted by Gasteiger charge is 2.66. The molecule has 31 atom stereocenters. The second kappa shape index (κ2) is 26.9. The third-order valence-electron chi connectivity index (χ3n) is 36.0. The summed E-state index contributed by atoms with van der Waals surface area (Å²) in [5.74, 6) is 19.3. The Morgan fingerprint density at radius 2 is 0.740 bits per heavy atom. The van der Waals surface area contributed by atoms with Crippen molar-refractivity contribution in [3.8, 4) is 0 Å². The molecule has 18 fully saturated rings. The molecule has 0 aromatic carbocycles. The zero-order valence-corrected chi connectivity index (χ0v) is 61.8. The van der Waals surface area contributed by atoms with Crippen LogP contribution in [-0.2, 0) is 33.3 Å². The second-order valence-corrected chi connectivity index (χ2v) is 39.4. The molecule has 16 saturated carbocycles. The maximum absolute atomic E-state index is 12.2. The minimum atomic E-state index is -0.607. The Bertz CT molecular complexity index is 2800. The molecule has 10 nitrogen and oxygen atoms in total. The van der Waals surface area contributed by atoms with Crippen molar-refractivity contribution in [2.75, 3.05) is 26.4 Å². The third-order valence-corrected chi connectivity index (χ3v) is 36.0. The second-order valence-electron chi connectivity index (χ2n) is 39.4. The van der Waals surface area contributed by atoms with Gasteiger partial charge in [0.25, 0.3) is 0 Å². The van der Waals surface area contributed by atoms with Gasteiger partial charge in [0.2, 0.25) is 0 Å². The van der Waals surface area contributed by atoms with E-state index in [-0.39, 0.29) is 29.2 Å². The number of aliphatic hydroxyl groups excluding tert-OH is 2. The zero-order chi connectivity index (χ0) is 67.1. The van der Waals surface area contributed by atoms with Gasteiger partial charge in [0.05, 0.1) is 44.2 Å². The molecule has 96 heavy (non-hydrogen) atoms. The lowest BCUT2D eigenvalue weighted by atomic mass is 9.49. The number of carbonyl (C=O) groups excluding carboxylic acids is 3. The first-order valence-corrected chi connectivity index (χ1v) is 41.7. The standard InChI is InChI=1S/C22H36O3.C22H34O3.C22H34O2.C20H32O2/c2*1-21-10-9-17-16-6-4-15(23)13-14(16)3-5-18(17)19(21)7-8-20(21)22(2)24-11-12-25-22;1-4-22(24)12-10-16-15(13-22)5-6-18-17(16)9-11-21(3)19(14(2)23)7-8-20(18)21;1-12(21)18-7-8-19-17-5-3-13-11-14(22)4-6-15(13)16(17)9-10-20(18,19)2/h14-20,23H,3-13H2,1-2H3;14,16-20H,3-13H2,1-2H3;4,15-20,24H,1,5-13H2,2-3H3;13-19,22H,3-11H2,1-2H3/t14?,15?,16-,17?,18?,19?,20-,21-;14?,16-,17?,18?,19?,20-,21-;15?,16-,17?,18?,19+,20?,21+,22+;13?,14?,15-,16?,17?,18+,19?,20+/m0000/s1. The van der Waals surface area contributed by atoms with Crippen molar-refractivity contribution in [1.29, 1.82) is 0 Å². The number of hydrogen-bond donors (Lipinski definition) is 3. The number of hydrogen-bond acceptors (Lipinski definition) is 10. The van der Waals surface area contributed by atoms with E-state index in [1.165, 1.54) is 167 Å². The molecular weight excluding hydrogens is 1190 g/mol. The van der Waals surface area contributed by atoms with Crippen LogP contribution in [0, 0.1) is 164 Å². The molecule has 3 N–H and O–H groups in total. The third kappa shape index (κ3) is 12.0. The SMILES string of the molecule is C=C[C@@]1(O)CC[C@H]2C(CCC3C2CC[C@@]2(C)C3CC[C@@H]2C(C)=O)C1.CC(=O)[C@H]1CCC2C3CCC4CC(O)CC[C@@H]4C3CC[C@@]21C.CC1([C@H]2CCC3C4CCC5CC(=O)CC[C@@H]5C4CC[C@@]32C)OCCO1.CC1([C@H]2CCC3C4CCC5CC(O)CC[C@@H]5C4CC[C@@]32C)OCCO1. The maximum Gasteiger partial charge on any atom is 0.169 e. The van der Waals surface area contributed by atoms with E-state index in [0.717, 1.165) is 197 Å². The largest absolute Gasteiger partial charge is 0.393 e. The molecule has 0 radical (unpaired) electrons. The van der Waals surface area contributed by atoms with Crippen molar-refractivity contribution in [2.24, 2.45) is 164 Å². The monoisotopic (exact) mass is 1330 g/mol. The number of carbonyl (C=O) groups is 3. The lowest BCUT2D eigenvalue weighted by molar-refractivity contribution is -0.215. The maximum atomic E-state index is 12.2. The van der Waals surface area contributed by atoms with E-state index in [9.17, 15) is 29.7 Å². The van der Waals surface area contributed by atoms with Gasteiger partial charge < -0.3 is 34.3 Å². The van der Waals surface area contributed by atoms with Crippen molar-refractivity contribution in [1.82, 2.24) is 0 Å². The minimum absolute atomic E-state index is 0.0147. The van der Waals surface area contributed by atoms with Crippen LogP contribution in [0.5, 0.6) is 0 Å². The Labute approximate surface area is 581 Å². The molecule has 2 saturated heterocycles. The van der Waals surface area contributed by atoms with E-state index >= 15 is 0 Å². The van der Waals surface area contributed by atoms with Crippen molar-refractivity contribution in [3.63, 3.8) is 0 Å². The number of fused-ring (bicyclic) bond motifs is 20. The van der Waals surface area contributed by atoms with Gasteiger partial charge in [-0.15, -0.1) is 6.58 Å². The van der Waals surface area contributed by atoms with Crippen molar-refractivity contribution in [3.05, 3.63) is 12.7 Å². The topological polar surface area (TPSA) is 149 Å². The first kappa shape index (κ1) is 70.1. The molecular formula is C86H136O10. The normalized spacial score (nSPS) is 53.5. The van der Waals surface area contributed by atoms with Crippen molar-refractivity contribution in [2.45, 2.75) is 316 Å². The van der Waals surface area contributed by atoms with Crippen LogP contribution in [0.1, 0.15) is 287 Å². The first-order chi connectivity index (χ1) is 45.9. The Morgan fingerprint density at radius 1 is 0.396 bits per heavy atom. The van der Waals surface area contributed by atoms with Gasteiger partial charge in [0, 0.05) is 36.5 Å². The summed E-state index contributed by atoms with van der Waals surface area (Å²) < 4.78 is 24.5. The van der Waals surface area contributed by atoms with Gasteiger partial charge in [-0.25, -0.2) is 0 Å². The molecule has 10 heteroatoms. The molecule has 0 amide bonds. The lowest BCUT2D eigenvalue weighted by Crippen LogP contribution is -2.52. The highest BCUT2D eigenvalue weighted by Crippen LogP contribution is 2.71. The van der Waals surface area contributed by atoms with Crippen LogP contribution < -0.4 is 0 Å². The highest BCUT2D eigenvalue weighted by molar-refractivity contribution is 5.80. The number of ether oxygens (including phenoxy) is 4. The van der Waals surface area contributed by atoms with Gasteiger partial charge in [-0.05, 0) is 386 Å². The Balaban J connectivity index is 0.000000105. The van der Waals surface area contributed by atoms with E-state index < -0.39 is 5.60 Å². The van der Waals surface area contributed by atoms with Gasteiger partial charge in [-0.3, -0.25) is 14.4 Å². The van der Waals surface area contributed by atoms with Gasteiger partial charge >= 0.3 is 0 Å². The van der Waals surface area contributed by atoms with E-state index in [2.05, 4.69) is 48.1 Å². The average Bonchev–Trinajstić information content (AvgIpc) is 1.47. The van der Waals surface area contributed by atoms with Gasteiger partial charge in [0.1, 0.15) is 17.3 Å². The quantitative estimate of drug-likeness (QED) is 0.227. The number of ketones is 3. The molecule has 16 aliphatic carbocycles. The van der Waals surface area contributed by atoms with Crippen LogP contribution in [0.4, 0.5) is 0 Å². The number of rotatable bonds is 5. The van der Waals surface area contributed by atoms with E-state index in [0.29, 0.717) is 69.1 Å². The van der Waals surface area contributed by atoms with Crippen LogP contribution in [0.15, 0.2) is 12.7 Å². The van der Waals surface area contributed by atoms with Crippen molar-refractivity contribution >= 4 is 17.3 Å². The average molecular weight is 1330 g/mol. The molecule has 0 aromatic heterocycles. The van der Waals surface area contributed by atoms with Crippen molar-refractivity contribution < 1.29 is 48.7 Å². The molecule has 0 bridgehead atoms. The summed E-state index contributed by atoms with van der Waals surface area (Å²) in [6.07, 6.45) is 46.0. The molecule has 540 valence electrons. The molecule has 18 rings (SSSR count). The molecule has 18 unspecified atom stereocenters. The van der Waals surface area contributed by atoms with Gasteiger partial charge in [-0.2, -0.15) is 0 Å². The number of Topliss-reactive ketones (excluding diaryl/α,β-unsaturated/α-hetero) is 3. The minimum Gasteiger partial charge on any atom is -0.393 e. The summed E-state index contributed by atoms with van der Waals surface area (Å²) in [7, 11) is 0. The predicted octanol–water partition coefficient (Wildman–Crippen LogP) is 17.9. The zero-order valence-electron chi connectivity index (χ0n) is 61.8. The molecule has 2 aliphatic heterocycles. The molecule has 2 heterocycles. The number of aliphatic hydroxyl groups is 3. The summed E-state index contributed by atoms with van der Waals surface area (Å²) in [5, 5.41) is 30.7. The summed E-state index contributed by atoms with van der Waals surface area (Å²) >= 11 is 0. The van der Waals surface area contributed by atoms with E-state index in [1.807, 2.05) is 13.8 Å².